The van der Waals surface area contributed by atoms with E-state index < -0.39 is 11.7 Å². The molecule has 0 bridgehead atoms. The number of rotatable bonds is 1. The lowest BCUT2D eigenvalue weighted by molar-refractivity contribution is -0.139. The zero-order chi connectivity index (χ0) is 9.19. The quantitative estimate of drug-likeness (QED) is 0.655. The van der Waals surface area contributed by atoms with Crippen LogP contribution in [-0.2, 0) is 6.18 Å². The second-order valence-electron chi connectivity index (χ2n) is 2.07. The second kappa shape index (κ2) is 3.00. The fraction of sp³-hybridized carbons (Fsp3) is 0.286. The summed E-state index contributed by atoms with van der Waals surface area (Å²) in [5, 5.41) is 0. The number of hydrogen-bond acceptors (Lipinski definition) is 2. The smallest absolute Gasteiger partial charge is 0.421 e. The fourth-order valence-corrected chi connectivity index (χ4v) is 0.773. The van der Waals surface area contributed by atoms with E-state index >= 15 is 0 Å². The first-order chi connectivity index (χ1) is 5.55. The average Bonchev–Trinajstić information content (AvgIpc) is 2.03. The Balaban J connectivity index is 3.14. The number of halogens is 3. The van der Waals surface area contributed by atoms with Gasteiger partial charge in [0.2, 0.25) is 0 Å². The number of ether oxygens (including phenoxy) is 1. The Morgan fingerprint density at radius 1 is 1.42 bits per heavy atom. The zero-order valence-corrected chi connectivity index (χ0v) is 6.22. The van der Waals surface area contributed by atoms with Crippen LogP contribution in [0.2, 0.25) is 0 Å². The molecule has 5 heteroatoms. The molecule has 0 atom stereocenters. The summed E-state index contributed by atoms with van der Waals surface area (Å²) in [5.41, 5.74) is -0.854. The molecule has 0 spiro atoms. The highest BCUT2D eigenvalue weighted by molar-refractivity contribution is 5.32. The van der Waals surface area contributed by atoms with E-state index in [4.69, 9.17) is 0 Å². The number of aromatic nitrogens is 1. The van der Waals surface area contributed by atoms with E-state index in [1.165, 1.54) is 19.4 Å². The molecule has 1 rings (SSSR count). The minimum absolute atomic E-state index is 0.211. The molecular weight excluding hydrogens is 171 g/mol. The van der Waals surface area contributed by atoms with E-state index in [1.807, 2.05) is 0 Å². The van der Waals surface area contributed by atoms with Crippen LogP contribution in [0.5, 0.6) is 5.75 Å². The maximum atomic E-state index is 12.1. The highest BCUT2D eigenvalue weighted by Gasteiger charge is 2.34. The zero-order valence-electron chi connectivity index (χ0n) is 6.22. The molecule has 0 aromatic carbocycles. The van der Waals surface area contributed by atoms with E-state index in [2.05, 4.69) is 9.72 Å². The van der Waals surface area contributed by atoms with Crippen LogP contribution in [-0.4, -0.2) is 12.1 Å². The molecule has 0 radical (unpaired) electrons. The minimum Gasteiger partial charge on any atom is -0.496 e. The van der Waals surface area contributed by atoms with Gasteiger partial charge < -0.3 is 4.74 Å². The molecule has 1 aromatic heterocycles. The van der Waals surface area contributed by atoms with Gasteiger partial charge in [-0.15, -0.1) is 0 Å². The summed E-state index contributed by atoms with van der Waals surface area (Å²) in [5.74, 6) is -0.211. The molecule has 1 aromatic rings. The van der Waals surface area contributed by atoms with Crippen LogP contribution in [0.3, 0.4) is 0 Å². The minimum atomic E-state index is -4.40. The molecule has 0 unspecified atom stereocenters. The van der Waals surface area contributed by atoms with Gasteiger partial charge in [0.25, 0.3) is 0 Å². The monoisotopic (exact) mass is 177 g/mol. The molecule has 0 aliphatic carbocycles. The Kier molecular flexibility index (Phi) is 2.21. The van der Waals surface area contributed by atoms with Gasteiger partial charge in [0.1, 0.15) is 11.3 Å². The number of alkyl halides is 3. The maximum Gasteiger partial charge on any atom is 0.421 e. The molecule has 0 N–H and O–H groups in total. The third-order valence-corrected chi connectivity index (χ3v) is 1.31. The summed E-state index contributed by atoms with van der Waals surface area (Å²) in [4.78, 5) is 3.36. The van der Waals surface area contributed by atoms with E-state index in [1.54, 1.807) is 0 Å². The van der Waals surface area contributed by atoms with Gasteiger partial charge >= 0.3 is 6.18 Å². The SMILES string of the molecule is COc1ccncc1C(F)(F)F. The van der Waals surface area contributed by atoms with E-state index in [9.17, 15) is 13.2 Å². The van der Waals surface area contributed by atoms with Gasteiger partial charge in [0.15, 0.2) is 0 Å². The molecule has 2 nitrogen and oxygen atoms in total. The van der Waals surface area contributed by atoms with Crippen molar-refractivity contribution in [2.75, 3.05) is 7.11 Å². The largest absolute Gasteiger partial charge is 0.496 e. The summed E-state index contributed by atoms with van der Waals surface area (Å²) in [6.45, 7) is 0. The Morgan fingerprint density at radius 3 is 2.50 bits per heavy atom. The van der Waals surface area contributed by atoms with Crippen molar-refractivity contribution in [2.45, 2.75) is 6.18 Å². The molecular formula is C7H6F3NO. The Hall–Kier alpha value is -1.26. The van der Waals surface area contributed by atoms with Gasteiger partial charge in [-0.25, -0.2) is 0 Å². The summed E-state index contributed by atoms with van der Waals surface area (Å²) in [6.07, 6.45) is -2.42. The van der Waals surface area contributed by atoms with Gasteiger partial charge in [-0.05, 0) is 6.07 Å². The molecule has 12 heavy (non-hydrogen) atoms. The van der Waals surface area contributed by atoms with Crippen LogP contribution in [0, 0.1) is 0 Å². The van der Waals surface area contributed by atoms with Gasteiger partial charge in [-0.1, -0.05) is 0 Å². The van der Waals surface area contributed by atoms with Crippen molar-refractivity contribution in [2.24, 2.45) is 0 Å². The van der Waals surface area contributed by atoms with Crippen molar-refractivity contribution in [1.29, 1.82) is 0 Å². The number of methoxy groups -OCH3 is 1. The Labute approximate surface area is 67.0 Å². The normalized spacial score (nSPS) is 11.3. The van der Waals surface area contributed by atoms with Crippen LogP contribution in [0.15, 0.2) is 18.5 Å². The number of hydrogen-bond donors (Lipinski definition) is 0. The molecule has 66 valence electrons. The van der Waals surface area contributed by atoms with Crippen LogP contribution in [0.4, 0.5) is 13.2 Å². The van der Waals surface area contributed by atoms with Crippen molar-refractivity contribution in [3.63, 3.8) is 0 Å². The Morgan fingerprint density at radius 2 is 2.08 bits per heavy atom. The number of pyridine rings is 1. The highest BCUT2D eigenvalue weighted by Crippen LogP contribution is 2.34. The van der Waals surface area contributed by atoms with Crippen molar-refractivity contribution in [3.05, 3.63) is 24.0 Å². The third-order valence-electron chi connectivity index (χ3n) is 1.31. The maximum absolute atomic E-state index is 12.1. The summed E-state index contributed by atoms with van der Waals surface area (Å²) >= 11 is 0. The molecule has 1 heterocycles. The molecule has 0 saturated heterocycles. The predicted octanol–water partition coefficient (Wildman–Crippen LogP) is 2.11. The summed E-state index contributed by atoms with van der Waals surface area (Å²) < 4.78 is 40.9. The van der Waals surface area contributed by atoms with E-state index in [0.29, 0.717) is 0 Å². The average molecular weight is 177 g/mol. The van der Waals surface area contributed by atoms with Crippen molar-refractivity contribution in [3.8, 4) is 5.75 Å². The van der Waals surface area contributed by atoms with Crippen molar-refractivity contribution in [1.82, 2.24) is 4.98 Å². The molecule has 0 saturated carbocycles. The second-order valence-corrected chi connectivity index (χ2v) is 2.07. The lowest BCUT2D eigenvalue weighted by atomic mass is 10.2. The van der Waals surface area contributed by atoms with Crippen LogP contribution >= 0.6 is 0 Å². The van der Waals surface area contributed by atoms with E-state index in [0.717, 1.165) is 6.20 Å². The molecule has 0 amide bonds. The van der Waals surface area contributed by atoms with Gasteiger partial charge in [0.05, 0.1) is 7.11 Å². The fourth-order valence-electron chi connectivity index (χ4n) is 0.773. The first-order valence-corrected chi connectivity index (χ1v) is 3.11. The van der Waals surface area contributed by atoms with E-state index in [-0.39, 0.29) is 5.75 Å². The topological polar surface area (TPSA) is 22.1 Å². The first kappa shape index (κ1) is 8.83. The number of nitrogens with zero attached hydrogens (tertiary/aromatic N) is 1. The lowest BCUT2D eigenvalue weighted by Crippen LogP contribution is -2.07. The van der Waals surface area contributed by atoms with Crippen molar-refractivity contribution >= 4 is 0 Å². The lowest BCUT2D eigenvalue weighted by Gasteiger charge is -2.09. The molecule has 0 fully saturated rings. The van der Waals surface area contributed by atoms with Crippen LogP contribution in [0.1, 0.15) is 5.56 Å². The summed E-state index contributed by atoms with van der Waals surface area (Å²) in [7, 11) is 1.19. The Bertz CT molecular complexity index is 272. The van der Waals surface area contributed by atoms with Gasteiger partial charge in [0, 0.05) is 12.4 Å². The van der Waals surface area contributed by atoms with Crippen molar-refractivity contribution < 1.29 is 17.9 Å². The third kappa shape index (κ3) is 1.66. The van der Waals surface area contributed by atoms with Crippen LogP contribution < -0.4 is 4.74 Å². The molecule has 0 aliphatic heterocycles. The highest BCUT2D eigenvalue weighted by atomic mass is 19.4. The summed E-state index contributed by atoms with van der Waals surface area (Å²) in [6, 6.07) is 1.17. The molecule has 0 aliphatic rings. The van der Waals surface area contributed by atoms with Gasteiger partial charge in [-0.2, -0.15) is 13.2 Å². The standard InChI is InChI=1S/C7H6F3NO/c1-12-6-2-3-11-4-5(6)7(8,9)10/h2-4H,1H3. The first-order valence-electron chi connectivity index (χ1n) is 3.11. The predicted molar refractivity (Wildman–Crippen MR) is 35.8 cm³/mol. The van der Waals surface area contributed by atoms with Crippen LogP contribution in [0.25, 0.3) is 0 Å². The van der Waals surface area contributed by atoms with Gasteiger partial charge in [-0.3, -0.25) is 4.98 Å².